The molecule has 0 bridgehead atoms. The predicted octanol–water partition coefficient (Wildman–Crippen LogP) is 1.66. The smallest absolute Gasteiger partial charge is 0.338 e. The molecule has 1 fully saturated rings. The SMILES string of the molecule is COCc1cccc(C(=O)O[C@H](C)C(=O)NC2CC2)c1. The zero-order valence-electron chi connectivity index (χ0n) is 11.7. The number of methoxy groups -OCH3 is 1. The maximum absolute atomic E-state index is 12.0. The van der Waals surface area contributed by atoms with Crippen LogP contribution in [0.5, 0.6) is 0 Å². The second-order valence-electron chi connectivity index (χ2n) is 4.96. The number of benzene rings is 1. The number of carbonyl (C=O) groups is 2. The first kappa shape index (κ1) is 14.5. The number of esters is 1. The van der Waals surface area contributed by atoms with Crippen LogP contribution >= 0.6 is 0 Å². The van der Waals surface area contributed by atoms with Crippen LogP contribution in [0.25, 0.3) is 0 Å². The van der Waals surface area contributed by atoms with Gasteiger partial charge in [-0.25, -0.2) is 4.79 Å². The average molecular weight is 277 g/mol. The van der Waals surface area contributed by atoms with Crippen molar-refractivity contribution in [1.29, 1.82) is 0 Å². The van der Waals surface area contributed by atoms with E-state index in [1.165, 1.54) is 0 Å². The van der Waals surface area contributed by atoms with E-state index in [9.17, 15) is 9.59 Å². The van der Waals surface area contributed by atoms with Crippen LogP contribution in [0.1, 0.15) is 35.7 Å². The molecule has 0 saturated heterocycles. The molecule has 0 spiro atoms. The summed E-state index contributed by atoms with van der Waals surface area (Å²) < 4.78 is 10.2. The first-order valence-corrected chi connectivity index (χ1v) is 6.69. The molecular formula is C15H19NO4. The van der Waals surface area contributed by atoms with Gasteiger partial charge in [0.2, 0.25) is 0 Å². The third-order valence-corrected chi connectivity index (χ3v) is 3.05. The highest BCUT2D eigenvalue weighted by Crippen LogP contribution is 2.19. The van der Waals surface area contributed by atoms with Gasteiger partial charge in [-0.1, -0.05) is 12.1 Å². The highest BCUT2D eigenvalue weighted by atomic mass is 16.5. The molecule has 1 amide bonds. The van der Waals surface area contributed by atoms with Crippen LogP contribution in [0.2, 0.25) is 0 Å². The van der Waals surface area contributed by atoms with Crippen LogP contribution in [0, 0.1) is 0 Å². The Balaban J connectivity index is 1.92. The van der Waals surface area contributed by atoms with Gasteiger partial charge in [0.05, 0.1) is 12.2 Å². The molecule has 1 aromatic carbocycles. The summed E-state index contributed by atoms with van der Waals surface area (Å²) in [5, 5.41) is 2.81. The quantitative estimate of drug-likeness (QED) is 0.803. The fourth-order valence-corrected chi connectivity index (χ4v) is 1.78. The molecule has 20 heavy (non-hydrogen) atoms. The summed E-state index contributed by atoms with van der Waals surface area (Å²) in [6, 6.07) is 7.25. The molecule has 0 radical (unpaired) electrons. The summed E-state index contributed by atoms with van der Waals surface area (Å²) in [6.07, 6.45) is 1.23. The molecule has 108 valence electrons. The molecule has 0 aliphatic heterocycles. The van der Waals surface area contributed by atoms with Gasteiger partial charge < -0.3 is 14.8 Å². The highest BCUT2D eigenvalue weighted by molar-refractivity contribution is 5.92. The Morgan fingerprint density at radius 2 is 2.15 bits per heavy atom. The second kappa shape index (κ2) is 6.52. The summed E-state index contributed by atoms with van der Waals surface area (Å²) in [5.74, 6) is -0.740. The number of ether oxygens (including phenoxy) is 2. The first-order chi connectivity index (χ1) is 9.60. The topological polar surface area (TPSA) is 64.6 Å². The van der Waals surface area contributed by atoms with Gasteiger partial charge in [0.1, 0.15) is 0 Å². The fraction of sp³-hybridized carbons (Fsp3) is 0.467. The predicted molar refractivity (Wildman–Crippen MR) is 73.2 cm³/mol. The summed E-state index contributed by atoms with van der Waals surface area (Å²) in [6.45, 7) is 2.01. The van der Waals surface area contributed by atoms with Crippen molar-refractivity contribution in [3.63, 3.8) is 0 Å². The van der Waals surface area contributed by atoms with Crippen LogP contribution in [0.4, 0.5) is 0 Å². The molecule has 1 N–H and O–H groups in total. The second-order valence-corrected chi connectivity index (χ2v) is 4.96. The van der Waals surface area contributed by atoms with E-state index in [0.29, 0.717) is 12.2 Å². The van der Waals surface area contributed by atoms with Crippen LogP contribution in [-0.4, -0.2) is 31.1 Å². The fourth-order valence-electron chi connectivity index (χ4n) is 1.78. The highest BCUT2D eigenvalue weighted by Gasteiger charge is 2.27. The summed E-state index contributed by atoms with van der Waals surface area (Å²) >= 11 is 0. The third-order valence-electron chi connectivity index (χ3n) is 3.05. The Hall–Kier alpha value is -1.88. The molecular weight excluding hydrogens is 258 g/mol. The number of rotatable bonds is 6. The summed E-state index contributed by atoms with van der Waals surface area (Å²) in [7, 11) is 1.59. The van der Waals surface area contributed by atoms with Crippen molar-refractivity contribution in [3.8, 4) is 0 Å². The minimum Gasteiger partial charge on any atom is -0.449 e. The maximum atomic E-state index is 12.0. The Bertz CT molecular complexity index is 496. The number of nitrogens with one attached hydrogen (secondary N) is 1. The monoisotopic (exact) mass is 277 g/mol. The van der Waals surface area contributed by atoms with Crippen molar-refractivity contribution in [1.82, 2.24) is 5.32 Å². The number of carbonyl (C=O) groups excluding carboxylic acids is 2. The Labute approximate surface area is 118 Å². The standard InChI is InChI=1S/C15H19NO4/c1-10(14(17)16-13-6-7-13)20-15(18)12-5-3-4-11(8-12)9-19-2/h3-5,8,10,13H,6-7,9H2,1-2H3,(H,16,17)/t10-/m1/s1. The Kier molecular flexibility index (Phi) is 4.74. The third kappa shape index (κ3) is 4.06. The van der Waals surface area contributed by atoms with E-state index in [0.717, 1.165) is 18.4 Å². The van der Waals surface area contributed by atoms with Crippen LogP contribution in [0.3, 0.4) is 0 Å². The number of hydrogen-bond acceptors (Lipinski definition) is 4. The largest absolute Gasteiger partial charge is 0.449 e. The van der Waals surface area contributed by atoms with Crippen molar-refractivity contribution in [2.45, 2.75) is 38.5 Å². The van der Waals surface area contributed by atoms with Crippen molar-refractivity contribution >= 4 is 11.9 Å². The average Bonchev–Trinajstić information content (AvgIpc) is 3.23. The van der Waals surface area contributed by atoms with Crippen molar-refractivity contribution in [2.24, 2.45) is 0 Å². The lowest BCUT2D eigenvalue weighted by Crippen LogP contribution is -2.37. The van der Waals surface area contributed by atoms with E-state index in [2.05, 4.69) is 5.32 Å². The van der Waals surface area contributed by atoms with Gasteiger partial charge in [-0.3, -0.25) is 4.79 Å². The zero-order chi connectivity index (χ0) is 14.5. The first-order valence-electron chi connectivity index (χ1n) is 6.69. The van der Waals surface area contributed by atoms with Gasteiger partial charge in [-0.05, 0) is 37.5 Å². The molecule has 1 atom stereocenters. The van der Waals surface area contributed by atoms with Crippen LogP contribution < -0.4 is 5.32 Å². The van der Waals surface area contributed by atoms with E-state index < -0.39 is 12.1 Å². The molecule has 1 saturated carbocycles. The molecule has 5 heteroatoms. The zero-order valence-corrected chi connectivity index (χ0v) is 11.7. The molecule has 1 aliphatic carbocycles. The molecule has 0 unspecified atom stereocenters. The normalized spacial score (nSPS) is 15.5. The minimum absolute atomic E-state index is 0.242. The summed E-state index contributed by atoms with van der Waals surface area (Å²) in [4.78, 5) is 23.7. The molecule has 5 nitrogen and oxygen atoms in total. The molecule has 0 aromatic heterocycles. The number of amides is 1. The molecule has 0 heterocycles. The van der Waals surface area contributed by atoms with E-state index in [1.807, 2.05) is 6.07 Å². The molecule has 1 aromatic rings. The van der Waals surface area contributed by atoms with Crippen molar-refractivity contribution < 1.29 is 19.1 Å². The molecule has 1 aliphatic rings. The molecule has 2 rings (SSSR count). The van der Waals surface area contributed by atoms with E-state index >= 15 is 0 Å². The lowest BCUT2D eigenvalue weighted by molar-refractivity contribution is -0.129. The number of hydrogen-bond donors (Lipinski definition) is 1. The van der Waals surface area contributed by atoms with Gasteiger partial charge in [0, 0.05) is 13.2 Å². The van der Waals surface area contributed by atoms with Crippen LogP contribution in [0.15, 0.2) is 24.3 Å². The van der Waals surface area contributed by atoms with Crippen molar-refractivity contribution in [2.75, 3.05) is 7.11 Å². The Morgan fingerprint density at radius 1 is 1.40 bits per heavy atom. The van der Waals surface area contributed by atoms with Gasteiger partial charge in [0.25, 0.3) is 5.91 Å². The van der Waals surface area contributed by atoms with Crippen LogP contribution in [-0.2, 0) is 20.9 Å². The van der Waals surface area contributed by atoms with Gasteiger partial charge in [0.15, 0.2) is 6.10 Å². The van der Waals surface area contributed by atoms with Crippen molar-refractivity contribution in [3.05, 3.63) is 35.4 Å². The maximum Gasteiger partial charge on any atom is 0.338 e. The lowest BCUT2D eigenvalue weighted by atomic mass is 10.1. The van der Waals surface area contributed by atoms with E-state index in [1.54, 1.807) is 32.2 Å². The van der Waals surface area contributed by atoms with Gasteiger partial charge in [-0.2, -0.15) is 0 Å². The minimum atomic E-state index is -0.783. The lowest BCUT2D eigenvalue weighted by Gasteiger charge is -2.13. The van der Waals surface area contributed by atoms with E-state index in [-0.39, 0.29) is 11.9 Å². The van der Waals surface area contributed by atoms with E-state index in [4.69, 9.17) is 9.47 Å². The Morgan fingerprint density at radius 3 is 2.80 bits per heavy atom. The van der Waals surface area contributed by atoms with Gasteiger partial charge in [-0.15, -0.1) is 0 Å². The summed E-state index contributed by atoms with van der Waals surface area (Å²) in [5.41, 5.74) is 1.31. The van der Waals surface area contributed by atoms with Gasteiger partial charge >= 0.3 is 5.97 Å².